The Hall–Kier alpha value is -3.35. The van der Waals surface area contributed by atoms with E-state index in [1.807, 2.05) is 50.2 Å². The van der Waals surface area contributed by atoms with E-state index in [1.54, 1.807) is 0 Å². The molecule has 0 aliphatic heterocycles. The number of carbonyl (C=O) groups excluding carboxylic acids is 2. The molecular formula is C25H30N2O5. The van der Waals surface area contributed by atoms with Gasteiger partial charge >= 0.3 is 12.1 Å². The van der Waals surface area contributed by atoms with Gasteiger partial charge in [0.1, 0.15) is 18.7 Å². The Balaban J connectivity index is 1.69. The fourth-order valence-corrected chi connectivity index (χ4v) is 4.08. The Labute approximate surface area is 188 Å². The summed E-state index contributed by atoms with van der Waals surface area (Å²) in [6.45, 7) is 5.43. The molecule has 2 amide bonds. The lowest BCUT2D eigenvalue weighted by Gasteiger charge is -2.28. The van der Waals surface area contributed by atoms with Crippen molar-refractivity contribution in [2.24, 2.45) is 5.92 Å². The minimum absolute atomic E-state index is 0.0814. The second-order valence-corrected chi connectivity index (χ2v) is 8.62. The molecule has 2 atom stereocenters. The van der Waals surface area contributed by atoms with Crippen molar-refractivity contribution < 1.29 is 24.2 Å². The second kappa shape index (κ2) is 9.85. The molecular weight excluding hydrogens is 408 g/mol. The molecule has 2 aromatic carbocycles. The summed E-state index contributed by atoms with van der Waals surface area (Å²) in [7, 11) is 1.42. The summed E-state index contributed by atoms with van der Waals surface area (Å²) in [6, 6.07) is 14.2. The van der Waals surface area contributed by atoms with Gasteiger partial charge in [-0.1, -0.05) is 62.4 Å². The normalized spacial score (nSPS) is 14.3. The summed E-state index contributed by atoms with van der Waals surface area (Å²) in [5, 5.41) is 11.9. The molecule has 32 heavy (non-hydrogen) atoms. The van der Waals surface area contributed by atoms with Gasteiger partial charge < -0.3 is 20.1 Å². The van der Waals surface area contributed by atoms with E-state index in [0.717, 1.165) is 27.2 Å². The number of nitrogens with one attached hydrogen (secondary N) is 1. The Morgan fingerprint density at radius 2 is 1.53 bits per heavy atom. The first-order chi connectivity index (χ1) is 15.2. The Morgan fingerprint density at radius 1 is 1.00 bits per heavy atom. The molecule has 0 aromatic heterocycles. The number of amides is 2. The number of carboxylic acids is 1. The van der Waals surface area contributed by atoms with E-state index >= 15 is 0 Å². The molecule has 0 saturated carbocycles. The SMILES string of the molecule is CC(C)C[C@@H](NC(=O)OCC1c2ccccc2-c2ccccc21)C(=O)N(C)[C@@H](C)C(=O)O. The van der Waals surface area contributed by atoms with E-state index in [9.17, 15) is 19.5 Å². The van der Waals surface area contributed by atoms with Crippen LogP contribution in [0.2, 0.25) is 0 Å². The number of hydrogen-bond acceptors (Lipinski definition) is 4. The third-order valence-electron chi connectivity index (χ3n) is 5.93. The number of aliphatic carboxylic acids is 1. The van der Waals surface area contributed by atoms with Gasteiger partial charge in [0, 0.05) is 13.0 Å². The van der Waals surface area contributed by atoms with Crippen LogP contribution in [0.5, 0.6) is 0 Å². The average Bonchev–Trinajstić information content (AvgIpc) is 3.09. The Morgan fingerprint density at radius 3 is 2.03 bits per heavy atom. The summed E-state index contributed by atoms with van der Waals surface area (Å²) >= 11 is 0. The molecule has 0 bridgehead atoms. The van der Waals surface area contributed by atoms with Crippen molar-refractivity contribution in [2.45, 2.75) is 45.2 Å². The number of ether oxygens (including phenoxy) is 1. The highest BCUT2D eigenvalue weighted by molar-refractivity contribution is 5.89. The summed E-state index contributed by atoms with van der Waals surface area (Å²) in [6.07, 6.45) is -0.318. The minimum atomic E-state index is -1.11. The van der Waals surface area contributed by atoms with Crippen molar-refractivity contribution in [3.63, 3.8) is 0 Å². The highest BCUT2D eigenvalue weighted by Gasteiger charge is 2.32. The van der Waals surface area contributed by atoms with Crippen molar-refractivity contribution in [1.82, 2.24) is 10.2 Å². The number of benzene rings is 2. The number of alkyl carbamates (subject to hydrolysis) is 1. The highest BCUT2D eigenvalue weighted by atomic mass is 16.5. The zero-order valence-corrected chi connectivity index (χ0v) is 18.9. The van der Waals surface area contributed by atoms with E-state index in [0.29, 0.717) is 6.42 Å². The van der Waals surface area contributed by atoms with Gasteiger partial charge in [-0.05, 0) is 41.5 Å². The Bertz CT molecular complexity index is 958. The topological polar surface area (TPSA) is 95.9 Å². The van der Waals surface area contributed by atoms with E-state index in [1.165, 1.54) is 14.0 Å². The number of rotatable bonds is 8. The predicted octanol–water partition coefficient (Wildman–Crippen LogP) is 3.87. The van der Waals surface area contributed by atoms with Gasteiger partial charge in [-0.3, -0.25) is 4.79 Å². The van der Waals surface area contributed by atoms with Crippen LogP contribution in [-0.2, 0) is 14.3 Å². The van der Waals surface area contributed by atoms with E-state index in [-0.39, 0.29) is 18.4 Å². The fraction of sp³-hybridized carbons (Fsp3) is 0.400. The van der Waals surface area contributed by atoms with Gasteiger partial charge in [0.2, 0.25) is 5.91 Å². The average molecular weight is 439 g/mol. The van der Waals surface area contributed by atoms with E-state index in [4.69, 9.17) is 4.74 Å². The molecule has 1 aliphatic carbocycles. The Kier molecular flexibility index (Phi) is 7.18. The molecule has 0 radical (unpaired) electrons. The molecule has 0 saturated heterocycles. The maximum absolute atomic E-state index is 12.8. The fourth-order valence-electron chi connectivity index (χ4n) is 4.08. The lowest BCUT2D eigenvalue weighted by Crippen LogP contribution is -2.52. The van der Waals surface area contributed by atoms with Crippen LogP contribution in [0, 0.1) is 5.92 Å². The molecule has 0 fully saturated rings. The van der Waals surface area contributed by atoms with Gasteiger partial charge in [0.15, 0.2) is 0 Å². The molecule has 1 aliphatic rings. The lowest BCUT2D eigenvalue weighted by molar-refractivity contribution is -0.149. The molecule has 2 N–H and O–H groups in total. The first kappa shape index (κ1) is 23.3. The maximum Gasteiger partial charge on any atom is 0.407 e. The van der Waals surface area contributed by atoms with Crippen LogP contribution in [0.1, 0.15) is 44.2 Å². The largest absolute Gasteiger partial charge is 0.480 e. The second-order valence-electron chi connectivity index (χ2n) is 8.62. The summed E-state index contributed by atoms with van der Waals surface area (Å²) < 4.78 is 5.55. The molecule has 3 rings (SSSR count). The number of fused-ring (bicyclic) bond motifs is 3. The third-order valence-corrected chi connectivity index (χ3v) is 5.93. The summed E-state index contributed by atoms with van der Waals surface area (Å²) in [5.41, 5.74) is 4.47. The van der Waals surface area contributed by atoms with Crippen molar-refractivity contribution in [2.75, 3.05) is 13.7 Å². The zero-order chi connectivity index (χ0) is 23.4. The lowest BCUT2D eigenvalue weighted by atomic mass is 9.98. The molecule has 0 spiro atoms. The van der Waals surface area contributed by atoms with Crippen molar-refractivity contribution in [3.05, 3.63) is 59.7 Å². The predicted molar refractivity (Wildman–Crippen MR) is 121 cm³/mol. The van der Waals surface area contributed by atoms with Crippen LogP contribution in [0.3, 0.4) is 0 Å². The number of carboxylic acid groups (broad SMARTS) is 1. The van der Waals surface area contributed by atoms with Crippen molar-refractivity contribution >= 4 is 18.0 Å². The van der Waals surface area contributed by atoms with Crippen LogP contribution in [0.15, 0.2) is 48.5 Å². The van der Waals surface area contributed by atoms with Gasteiger partial charge in [0.05, 0.1) is 0 Å². The number of nitrogens with zero attached hydrogens (tertiary/aromatic N) is 1. The number of hydrogen-bond donors (Lipinski definition) is 2. The minimum Gasteiger partial charge on any atom is -0.480 e. The molecule has 7 heteroatoms. The van der Waals surface area contributed by atoms with E-state index < -0.39 is 30.1 Å². The van der Waals surface area contributed by atoms with Crippen LogP contribution < -0.4 is 5.32 Å². The van der Waals surface area contributed by atoms with Crippen LogP contribution in [0.25, 0.3) is 11.1 Å². The van der Waals surface area contributed by atoms with Crippen LogP contribution >= 0.6 is 0 Å². The first-order valence-electron chi connectivity index (χ1n) is 10.8. The molecule has 2 aromatic rings. The zero-order valence-electron chi connectivity index (χ0n) is 18.9. The van der Waals surface area contributed by atoms with E-state index in [2.05, 4.69) is 17.4 Å². The number of likely N-dealkylation sites (N-methyl/N-ethyl adjacent to an activating group) is 1. The standard InChI is InChI=1S/C25H30N2O5/c1-15(2)13-22(23(28)27(4)16(3)24(29)30)26-25(31)32-14-21-19-11-7-5-9-17(19)18-10-6-8-12-20(18)21/h5-12,15-16,21-22H,13-14H2,1-4H3,(H,26,31)(H,29,30)/t16-,22+/m0/s1. The highest BCUT2D eigenvalue weighted by Crippen LogP contribution is 2.44. The van der Waals surface area contributed by atoms with Crippen molar-refractivity contribution in [1.29, 1.82) is 0 Å². The van der Waals surface area contributed by atoms with Crippen LogP contribution in [-0.4, -0.2) is 53.7 Å². The summed E-state index contributed by atoms with van der Waals surface area (Å²) in [4.78, 5) is 37.9. The quantitative estimate of drug-likeness (QED) is 0.652. The molecule has 0 heterocycles. The summed E-state index contributed by atoms with van der Waals surface area (Å²) in [5.74, 6) is -1.53. The third kappa shape index (κ3) is 4.93. The van der Waals surface area contributed by atoms with Gasteiger partial charge in [-0.25, -0.2) is 9.59 Å². The maximum atomic E-state index is 12.8. The van der Waals surface area contributed by atoms with Crippen LogP contribution in [0.4, 0.5) is 4.79 Å². The van der Waals surface area contributed by atoms with Gasteiger partial charge in [0.25, 0.3) is 0 Å². The van der Waals surface area contributed by atoms with Gasteiger partial charge in [-0.15, -0.1) is 0 Å². The molecule has 170 valence electrons. The number of carbonyl (C=O) groups is 3. The first-order valence-corrected chi connectivity index (χ1v) is 10.8. The van der Waals surface area contributed by atoms with Crippen molar-refractivity contribution in [3.8, 4) is 11.1 Å². The monoisotopic (exact) mass is 438 g/mol. The molecule has 0 unspecified atom stereocenters. The smallest absolute Gasteiger partial charge is 0.407 e. The van der Waals surface area contributed by atoms with Gasteiger partial charge in [-0.2, -0.15) is 0 Å². The molecule has 7 nitrogen and oxygen atoms in total.